The number of carbonyl (C=O) groups excluding carboxylic acids is 6. The molecule has 2 heterocycles. The number of ether oxygens (including phenoxy) is 8. The molecule has 2 aliphatic heterocycles. The molecule has 10 unspecified atom stereocenters. The molecule has 2 fully saturated rings. The predicted molar refractivity (Wildman–Crippen MR) is 588 cm³/mol. The van der Waals surface area contributed by atoms with Crippen molar-refractivity contribution < 1.29 is 113 Å². The minimum Gasteiger partial charge on any atom is -0.460 e. The van der Waals surface area contributed by atoms with Crippen LogP contribution in [0, 0.1) is 0 Å². The Labute approximate surface area is 875 Å². The Morgan fingerprint density at radius 3 is 0.469 bits per heavy atom. The molecule has 0 radical (unpaired) electrons. The Bertz CT molecular complexity index is 2620. The van der Waals surface area contributed by atoms with Gasteiger partial charge in [-0.1, -0.05) is 348 Å². The smallest absolute Gasteiger partial charge is 0.306 e. The van der Waals surface area contributed by atoms with E-state index in [1.807, 2.05) is 41.5 Å². The molecule has 10 atom stereocenters. The van der Waals surface area contributed by atoms with Crippen molar-refractivity contribution in [3.8, 4) is 0 Å². The van der Waals surface area contributed by atoms with Gasteiger partial charge in [-0.25, -0.2) is 0 Å². The summed E-state index contributed by atoms with van der Waals surface area (Å²) in [7, 11) is 0. The molecule has 143 heavy (non-hydrogen) atoms. The quantitative estimate of drug-likeness (QED) is 0.00898. The average Bonchev–Trinajstić information content (AvgIpc) is 1.71. The lowest BCUT2D eigenvalue weighted by Crippen LogP contribution is -2.20. The van der Waals surface area contributed by atoms with Gasteiger partial charge in [-0.2, -0.15) is 0 Å². The maximum Gasteiger partial charge on any atom is 0.306 e. The van der Waals surface area contributed by atoms with Crippen LogP contribution in [0.1, 0.15) is 563 Å². The van der Waals surface area contributed by atoms with E-state index < -0.39 is 0 Å². The summed E-state index contributed by atoms with van der Waals surface area (Å²) in [6.45, 7) is 18.6. The Morgan fingerprint density at radius 1 is 0.189 bits per heavy atom. The number of epoxide rings is 2. The third-order valence-corrected chi connectivity index (χ3v) is 26.3. The van der Waals surface area contributed by atoms with Gasteiger partial charge >= 0.3 is 35.8 Å². The van der Waals surface area contributed by atoms with Gasteiger partial charge in [0.05, 0.1) is 64.1 Å². The Morgan fingerprint density at radius 2 is 0.322 bits per heavy atom. The molecule has 0 aliphatic carbocycles. The summed E-state index contributed by atoms with van der Waals surface area (Å²) >= 11 is 0. The summed E-state index contributed by atoms with van der Waals surface area (Å²) in [5.74, 6) is -1.06. The Balaban J connectivity index is -0.000000811. The molecule has 846 valence electrons. The molecule has 0 spiro atoms. The molecule has 9 N–H and O–H groups in total. The van der Waals surface area contributed by atoms with E-state index in [4.69, 9.17) is 83.9 Å². The molecule has 2 aliphatic rings. The second-order valence-corrected chi connectivity index (χ2v) is 39.7. The Kier molecular flexibility index (Phi) is 121. The summed E-state index contributed by atoms with van der Waals surface area (Å²) in [6.07, 6.45) is 103. The SMILES string of the molecule is CCC(CO)OC(=O)CCCCCCC/C=C/CCCCCCO.CCC(CO)OC(=O)CCCCCCC/C=C\CCCCCCO.CCC(CO)OC(=O)CCCCCCCC1OC1CCCCCCO.CCCCCC/C=C/CCCCCCCC(=O)OC(CC)CO.CCCCCC/C=C\CCCCCCCC(=O)OC(CC)CO.CCCCCCC1OC1CCCCCCCC(=O)OC(CC)CO. The lowest BCUT2D eigenvalue weighted by atomic mass is 10.0. The van der Waals surface area contributed by atoms with Gasteiger partial charge in [0.15, 0.2) is 0 Å². The summed E-state index contributed by atoms with van der Waals surface area (Å²) in [6, 6.07) is 0. The normalized spacial score (nSPS) is 15.4. The number of carbonyl (C=O) groups is 6. The average molecular weight is 2040 g/mol. The molecule has 0 saturated carbocycles. The summed E-state index contributed by atoms with van der Waals surface area (Å²) in [4.78, 5) is 69.3. The number of unbranched alkanes of at least 4 members (excludes halogenated alkanes) is 50. The summed E-state index contributed by atoms with van der Waals surface area (Å²) < 4.78 is 42.4. The van der Waals surface area contributed by atoms with Crippen molar-refractivity contribution in [2.75, 3.05) is 59.5 Å². The summed E-state index contributed by atoms with van der Waals surface area (Å²) in [5, 5.41) is 80.0. The fourth-order valence-electron chi connectivity index (χ4n) is 16.2. The number of rotatable bonds is 99. The largest absolute Gasteiger partial charge is 0.460 e. The second kappa shape index (κ2) is 119. The lowest BCUT2D eigenvalue weighted by molar-refractivity contribution is -0.152. The molecule has 2 saturated heterocycles. The number of hydrogen-bond donors (Lipinski definition) is 9. The van der Waals surface area contributed by atoms with Crippen molar-refractivity contribution in [2.45, 2.75) is 624 Å². The minimum atomic E-state index is -0.339. The zero-order valence-corrected chi connectivity index (χ0v) is 93.7. The maximum atomic E-state index is 11.6. The van der Waals surface area contributed by atoms with E-state index in [1.54, 1.807) is 0 Å². The van der Waals surface area contributed by atoms with Crippen LogP contribution in [0.25, 0.3) is 0 Å². The van der Waals surface area contributed by atoms with Crippen LogP contribution in [0.3, 0.4) is 0 Å². The molecular formula is C120H228O23. The molecule has 0 bridgehead atoms. The maximum absolute atomic E-state index is 11.6. The van der Waals surface area contributed by atoms with Gasteiger partial charge < -0.3 is 83.9 Å². The van der Waals surface area contributed by atoms with Crippen LogP contribution in [-0.4, -0.2) is 202 Å². The highest BCUT2D eigenvalue weighted by atomic mass is 16.6. The standard InChI is InChI=1S/C20H38O5.3C20H38O4.2C20H38O3/c1-2-17(16-22)24-20(23)14-10-5-3-4-8-12-18-19(25-18)13-9-6-7-11-15-21;1-3-5-6-10-13-18-19(24-18)14-11-8-7-9-12-15-20(22)23-17(4-2)16-21;2*1-2-19(18-22)24-20(23)16-14-12-10-8-6-4-3-5-7-9-11-13-15-17-21;2*1-3-5-6-7-8-9-10-11-12-13-14-15-16-17-20(22)23-19(4-2)18-21/h17-19,21-22H,2-16H2,1H3;17-19,21H,3-16H2,1-2H3;2*3,5,19,21-22H,2,4,6-18H2,1H3;2*9-10,19,21H,3-8,11-18H2,1-2H3/b;;5-3+;5-3-;10-9+;10-9-. The van der Waals surface area contributed by atoms with Crippen LogP contribution >= 0.6 is 0 Å². The zero-order valence-electron chi connectivity index (χ0n) is 93.7. The number of aliphatic hydroxyl groups is 9. The number of aliphatic hydroxyl groups excluding tert-OH is 9. The Hall–Kier alpha value is -4.66. The lowest BCUT2D eigenvalue weighted by Gasteiger charge is -2.12. The van der Waals surface area contributed by atoms with Gasteiger partial charge in [-0.05, 0) is 225 Å². The van der Waals surface area contributed by atoms with E-state index in [1.165, 1.54) is 270 Å². The molecule has 23 nitrogen and oxygen atoms in total. The van der Waals surface area contributed by atoms with Crippen molar-refractivity contribution in [2.24, 2.45) is 0 Å². The van der Waals surface area contributed by atoms with Crippen molar-refractivity contribution in [3.63, 3.8) is 0 Å². The van der Waals surface area contributed by atoms with Gasteiger partial charge in [0.25, 0.3) is 0 Å². The van der Waals surface area contributed by atoms with E-state index in [2.05, 4.69) is 69.4 Å². The van der Waals surface area contributed by atoms with Crippen molar-refractivity contribution in [1.82, 2.24) is 0 Å². The van der Waals surface area contributed by atoms with E-state index in [-0.39, 0.29) is 112 Å². The number of allylic oxidation sites excluding steroid dienone is 8. The van der Waals surface area contributed by atoms with E-state index in [0.717, 1.165) is 154 Å². The molecule has 0 aromatic rings. The second-order valence-electron chi connectivity index (χ2n) is 39.7. The fraction of sp³-hybridized carbons (Fsp3) is 0.883. The van der Waals surface area contributed by atoms with E-state index in [9.17, 15) is 28.8 Å². The van der Waals surface area contributed by atoms with Gasteiger partial charge in [-0.15, -0.1) is 0 Å². The molecule has 23 heteroatoms. The first-order valence-corrected chi connectivity index (χ1v) is 59.4. The predicted octanol–water partition coefficient (Wildman–Crippen LogP) is 28.7. The summed E-state index contributed by atoms with van der Waals surface area (Å²) in [5.41, 5.74) is 0. The molecular weight excluding hydrogens is 1810 g/mol. The van der Waals surface area contributed by atoms with Gasteiger partial charge in [0, 0.05) is 58.3 Å². The molecule has 2 rings (SSSR count). The monoisotopic (exact) mass is 2040 g/mol. The van der Waals surface area contributed by atoms with Crippen LogP contribution in [0.2, 0.25) is 0 Å². The minimum absolute atomic E-state index is 0.0750. The van der Waals surface area contributed by atoms with Gasteiger partial charge in [-0.3, -0.25) is 28.8 Å². The topological polar surface area (TPSA) is 365 Å². The molecule has 0 amide bonds. The van der Waals surface area contributed by atoms with Crippen LogP contribution < -0.4 is 0 Å². The first kappa shape index (κ1) is 145. The van der Waals surface area contributed by atoms with E-state index >= 15 is 0 Å². The van der Waals surface area contributed by atoms with E-state index in [0.29, 0.717) is 121 Å². The first-order chi connectivity index (χ1) is 69.9. The highest BCUT2D eigenvalue weighted by Crippen LogP contribution is 2.34. The van der Waals surface area contributed by atoms with Crippen molar-refractivity contribution >= 4 is 35.8 Å². The van der Waals surface area contributed by atoms with Gasteiger partial charge in [0.1, 0.15) is 36.6 Å². The van der Waals surface area contributed by atoms with Crippen LogP contribution in [-0.2, 0) is 66.7 Å². The zero-order chi connectivity index (χ0) is 106. The van der Waals surface area contributed by atoms with Crippen molar-refractivity contribution in [3.05, 3.63) is 48.6 Å². The van der Waals surface area contributed by atoms with Crippen molar-refractivity contribution in [1.29, 1.82) is 0 Å². The first-order valence-electron chi connectivity index (χ1n) is 59.4. The molecule has 0 aromatic carbocycles. The van der Waals surface area contributed by atoms with Crippen LogP contribution in [0.4, 0.5) is 0 Å². The highest BCUT2D eigenvalue weighted by molar-refractivity contribution is 5.71. The molecule has 0 aromatic heterocycles. The van der Waals surface area contributed by atoms with Gasteiger partial charge in [0.2, 0.25) is 0 Å². The van der Waals surface area contributed by atoms with Crippen LogP contribution in [0.15, 0.2) is 48.6 Å². The number of esters is 6. The third kappa shape index (κ3) is 111. The van der Waals surface area contributed by atoms with Crippen LogP contribution in [0.5, 0.6) is 0 Å². The third-order valence-electron chi connectivity index (χ3n) is 26.3. The number of hydrogen-bond acceptors (Lipinski definition) is 23. The highest BCUT2D eigenvalue weighted by Gasteiger charge is 2.38. The fourth-order valence-corrected chi connectivity index (χ4v) is 16.2.